The standard InChI is InChI=1S/C14H17NO3S/c1-11-14(13-9-5-6-10-15(13)18-11)19(16,17)12-7-3-2-4-8-12/h2-4,7-8,13-14H,1,5-6,9-10H2. The van der Waals surface area contributed by atoms with Gasteiger partial charge in [-0.15, -0.1) is 5.06 Å². The van der Waals surface area contributed by atoms with Crippen LogP contribution in [-0.4, -0.2) is 31.3 Å². The Morgan fingerprint density at radius 1 is 1.21 bits per heavy atom. The van der Waals surface area contributed by atoms with Crippen LogP contribution in [0.3, 0.4) is 0 Å². The molecule has 102 valence electrons. The fourth-order valence-corrected chi connectivity index (χ4v) is 4.80. The topological polar surface area (TPSA) is 46.6 Å². The number of nitrogens with zero attached hydrogens (tertiary/aromatic N) is 1. The highest BCUT2D eigenvalue weighted by atomic mass is 32.2. The smallest absolute Gasteiger partial charge is 0.190 e. The highest BCUT2D eigenvalue weighted by molar-refractivity contribution is 7.92. The molecule has 2 fully saturated rings. The highest BCUT2D eigenvalue weighted by Gasteiger charge is 2.48. The first-order valence-corrected chi connectivity index (χ1v) is 8.08. The van der Waals surface area contributed by atoms with Gasteiger partial charge < -0.3 is 4.84 Å². The van der Waals surface area contributed by atoms with Gasteiger partial charge in [-0.2, -0.15) is 0 Å². The molecule has 19 heavy (non-hydrogen) atoms. The van der Waals surface area contributed by atoms with Gasteiger partial charge >= 0.3 is 0 Å². The molecule has 0 aliphatic carbocycles. The Labute approximate surface area is 113 Å². The number of piperidine rings is 1. The van der Waals surface area contributed by atoms with E-state index in [1.165, 1.54) is 0 Å². The van der Waals surface area contributed by atoms with E-state index in [4.69, 9.17) is 4.84 Å². The van der Waals surface area contributed by atoms with Crippen molar-refractivity contribution in [3.05, 3.63) is 42.7 Å². The molecule has 0 bridgehead atoms. The van der Waals surface area contributed by atoms with Crippen LogP contribution in [0.5, 0.6) is 0 Å². The summed E-state index contributed by atoms with van der Waals surface area (Å²) < 4.78 is 25.5. The third kappa shape index (κ3) is 2.07. The summed E-state index contributed by atoms with van der Waals surface area (Å²) in [5, 5.41) is 1.15. The molecular formula is C14H17NO3S. The maximum absolute atomic E-state index is 12.7. The number of sulfone groups is 1. The van der Waals surface area contributed by atoms with Gasteiger partial charge in [-0.3, -0.25) is 0 Å². The molecule has 2 atom stereocenters. The third-order valence-corrected chi connectivity index (χ3v) is 5.98. The van der Waals surface area contributed by atoms with Crippen LogP contribution in [0, 0.1) is 0 Å². The number of hydrogen-bond acceptors (Lipinski definition) is 4. The zero-order chi connectivity index (χ0) is 13.5. The van der Waals surface area contributed by atoms with Crippen molar-refractivity contribution in [2.24, 2.45) is 0 Å². The molecule has 4 nitrogen and oxygen atoms in total. The molecule has 0 radical (unpaired) electrons. The van der Waals surface area contributed by atoms with Crippen LogP contribution < -0.4 is 0 Å². The number of benzene rings is 1. The van der Waals surface area contributed by atoms with Gasteiger partial charge in [-0.1, -0.05) is 31.2 Å². The summed E-state index contributed by atoms with van der Waals surface area (Å²) in [6, 6.07) is 8.47. The van der Waals surface area contributed by atoms with Crippen molar-refractivity contribution in [1.82, 2.24) is 5.06 Å². The quantitative estimate of drug-likeness (QED) is 0.832. The minimum absolute atomic E-state index is 0.0912. The maximum Gasteiger partial charge on any atom is 0.190 e. The van der Waals surface area contributed by atoms with Crippen molar-refractivity contribution in [1.29, 1.82) is 0 Å². The van der Waals surface area contributed by atoms with Gasteiger partial charge in [-0.05, 0) is 25.0 Å². The molecule has 2 aliphatic heterocycles. The van der Waals surface area contributed by atoms with E-state index in [0.29, 0.717) is 10.7 Å². The molecule has 0 N–H and O–H groups in total. The SMILES string of the molecule is C=C1ON2CCCCC2C1S(=O)(=O)c1ccccc1. The lowest BCUT2D eigenvalue weighted by Gasteiger charge is -2.28. The van der Waals surface area contributed by atoms with E-state index in [1.54, 1.807) is 29.3 Å². The van der Waals surface area contributed by atoms with Gasteiger partial charge in [0.2, 0.25) is 0 Å². The number of rotatable bonds is 2. The lowest BCUT2D eigenvalue weighted by Crippen LogP contribution is -2.41. The Balaban J connectivity index is 1.99. The van der Waals surface area contributed by atoms with Crippen LogP contribution in [0.2, 0.25) is 0 Å². The maximum atomic E-state index is 12.7. The molecule has 2 saturated heterocycles. The van der Waals surface area contributed by atoms with Crippen molar-refractivity contribution in [2.75, 3.05) is 6.54 Å². The summed E-state index contributed by atoms with van der Waals surface area (Å²) in [6.45, 7) is 4.59. The summed E-state index contributed by atoms with van der Waals surface area (Å²) in [7, 11) is -3.42. The van der Waals surface area contributed by atoms with E-state index in [-0.39, 0.29) is 6.04 Å². The molecule has 5 heteroatoms. The lowest BCUT2D eigenvalue weighted by molar-refractivity contribution is -0.118. The molecule has 1 aromatic rings. The van der Waals surface area contributed by atoms with Crippen LogP contribution >= 0.6 is 0 Å². The van der Waals surface area contributed by atoms with Crippen molar-refractivity contribution in [3.8, 4) is 0 Å². The lowest BCUT2D eigenvalue weighted by atomic mass is 10.0. The second-order valence-corrected chi connectivity index (χ2v) is 7.11. The predicted octanol–water partition coefficient (Wildman–Crippen LogP) is 2.14. The average molecular weight is 279 g/mol. The number of hydroxylamine groups is 2. The van der Waals surface area contributed by atoms with Crippen LogP contribution in [0.4, 0.5) is 0 Å². The summed E-state index contributed by atoms with van der Waals surface area (Å²) in [5.41, 5.74) is 0. The predicted molar refractivity (Wildman–Crippen MR) is 72.0 cm³/mol. The summed E-state index contributed by atoms with van der Waals surface area (Å²) in [4.78, 5) is 5.89. The highest BCUT2D eigenvalue weighted by Crippen LogP contribution is 2.37. The Morgan fingerprint density at radius 3 is 2.68 bits per heavy atom. The monoisotopic (exact) mass is 279 g/mol. The van der Waals surface area contributed by atoms with E-state index in [9.17, 15) is 8.42 Å². The summed E-state index contributed by atoms with van der Waals surface area (Å²) >= 11 is 0. The Hall–Kier alpha value is -1.33. The van der Waals surface area contributed by atoms with Gasteiger partial charge in [0.05, 0.1) is 10.9 Å². The Kier molecular flexibility index (Phi) is 3.11. The van der Waals surface area contributed by atoms with Crippen molar-refractivity contribution in [3.63, 3.8) is 0 Å². The van der Waals surface area contributed by atoms with Crippen molar-refractivity contribution >= 4 is 9.84 Å². The Bertz CT molecular complexity index is 582. The van der Waals surface area contributed by atoms with E-state index in [0.717, 1.165) is 25.8 Å². The number of hydrogen-bond donors (Lipinski definition) is 0. The van der Waals surface area contributed by atoms with Gasteiger partial charge in [0.25, 0.3) is 0 Å². The van der Waals surface area contributed by atoms with E-state index < -0.39 is 15.1 Å². The minimum atomic E-state index is -3.42. The molecule has 0 spiro atoms. The molecule has 2 aliphatic rings. The van der Waals surface area contributed by atoms with Crippen LogP contribution in [0.25, 0.3) is 0 Å². The van der Waals surface area contributed by atoms with Crippen LogP contribution in [0.1, 0.15) is 19.3 Å². The molecule has 2 unspecified atom stereocenters. The van der Waals surface area contributed by atoms with Crippen LogP contribution in [-0.2, 0) is 14.7 Å². The normalized spacial score (nSPS) is 27.9. The largest absolute Gasteiger partial charge is 0.409 e. The second-order valence-electron chi connectivity index (χ2n) is 5.04. The number of fused-ring (bicyclic) bond motifs is 1. The zero-order valence-corrected chi connectivity index (χ0v) is 11.5. The van der Waals surface area contributed by atoms with Crippen molar-refractivity contribution in [2.45, 2.75) is 35.4 Å². The fraction of sp³-hybridized carbons (Fsp3) is 0.429. The third-order valence-electron chi connectivity index (χ3n) is 3.81. The molecule has 0 amide bonds. The molecule has 2 heterocycles. The summed E-state index contributed by atoms with van der Waals surface area (Å²) in [6.07, 6.45) is 2.93. The van der Waals surface area contributed by atoms with Gasteiger partial charge in [0.1, 0.15) is 11.0 Å². The van der Waals surface area contributed by atoms with Gasteiger partial charge in [0.15, 0.2) is 9.84 Å². The van der Waals surface area contributed by atoms with Gasteiger partial charge in [-0.25, -0.2) is 8.42 Å². The molecule has 0 aromatic heterocycles. The zero-order valence-electron chi connectivity index (χ0n) is 10.7. The van der Waals surface area contributed by atoms with E-state index in [2.05, 4.69) is 6.58 Å². The minimum Gasteiger partial charge on any atom is -0.409 e. The molecule has 1 aromatic carbocycles. The van der Waals surface area contributed by atoms with Gasteiger partial charge in [0, 0.05) is 6.54 Å². The second kappa shape index (κ2) is 4.65. The molecule has 3 rings (SSSR count). The Morgan fingerprint density at radius 2 is 1.95 bits per heavy atom. The fourth-order valence-electron chi connectivity index (χ4n) is 2.90. The molecular weight excluding hydrogens is 262 g/mol. The van der Waals surface area contributed by atoms with Crippen molar-refractivity contribution < 1.29 is 13.3 Å². The average Bonchev–Trinajstić information content (AvgIpc) is 2.76. The van der Waals surface area contributed by atoms with Crippen LogP contribution in [0.15, 0.2) is 47.6 Å². The first kappa shape index (κ1) is 12.7. The first-order valence-electron chi connectivity index (χ1n) is 6.53. The first-order chi connectivity index (χ1) is 9.10. The summed E-state index contributed by atoms with van der Waals surface area (Å²) in [5.74, 6) is 0.357. The molecule has 0 saturated carbocycles. The van der Waals surface area contributed by atoms with E-state index in [1.807, 2.05) is 6.07 Å². The van der Waals surface area contributed by atoms with E-state index >= 15 is 0 Å².